The average Bonchev–Trinajstić information content (AvgIpc) is 2.72. The molecule has 0 aliphatic carbocycles. The van der Waals surface area contributed by atoms with E-state index in [1.54, 1.807) is 25.3 Å². The number of ether oxygens (including phenoxy) is 1. The van der Waals surface area contributed by atoms with Gasteiger partial charge in [0.15, 0.2) is 0 Å². The number of nitriles is 1. The Balaban J connectivity index is 1.82. The van der Waals surface area contributed by atoms with E-state index >= 15 is 0 Å². The third kappa shape index (κ3) is 4.93. The van der Waals surface area contributed by atoms with Crippen LogP contribution in [0.5, 0.6) is 5.75 Å². The number of rotatable bonds is 5. The van der Waals surface area contributed by atoms with Crippen molar-refractivity contribution in [3.63, 3.8) is 0 Å². The molecule has 0 saturated carbocycles. The second-order valence-electron chi connectivity index (χ2n) is 6.61. The molecule has 0 unspecified atom stereocenters. The van der Waals surface area contributed by atoms with Crippen molar-refractivity contribution in [2.24, 2.45) is 0 Å². The van der Waals surface area contributed by atoms with Gasteiger partial charge >= 0.3 is 0 Å². The number of hydrogen-bond donors (Lipinski definition) is 1. The predicted octanol–water partition coefficient (Wildman–Crippen LogP) is 4.99. The minimum atomic E-state index is -0.456. The number of piperidine rings is 1. The molecule has 144 valence electrons. The van der Waals surface area contributed by atoms with E-state index in [4.69, 9.17) is 4.74 Å². The number of hydrogen-bond acceptors (Lipinski definition) is 4. The van der Waals surface area contributed by atoms with Crippen LogP contribution in [0.15, 0.2) is 52.5 Å². The van der Waals surface area contributed by atoms with Crippen molar-refractivity contribution >= 4 is 39.3 Å². The van der Waals surface area contributed by atoms with Gasteiger partial charge in [-0.3, -0.25) is 4.79 Å². The second kappa shape index (κ2) is 9.43. The Kier molecular flexibility index (Phi) is 6.72. The predicted molar refractivity (Wildman–Crippen MR) is 115 cm³/mol. The van der Waals surface area contributed by atoms with Crippen molar-refractivity contribution in [2.45, 2.75) is 19.3 Å². The van der Waals surface area contributed by atoms with Crippen LogP contribution in [-0.4, -0.2) is 26.1 Å². The molecule has 1 fully saturated rings. The fourth-order valence-electron chi connectivity index (χ4n) is 3.24. The Labute approximate surface area is 173 Å². The minimum Gasteiger partial charge on any atom is -0.496 e. The summed E-state index contributed by atoms with van der Waals surface area (Å²) in [7, 11) is 1.60. The van der Waals surface area contributed by atoms with E-state index in [2.05, 4.69) is 26.1 Å². The lowest BCUT2D eigenvalue weighted by Gasteiger charge is -2.29. The lowest BCUT2D eigenvalue weighted by Crippen LogP contribution is -2.29. The maximum atomic E-state index is 12.5. The molecule has 2 aromatic rings. The van der Waals surface area contributed by atoms with Crippen LogP contribution < -0.4 is 15.0 Å². The van der Waals surface area contributed by atoms with Gasteiger partial charge in [0.2, 0.25) is 0 Å². The van der Waals surface area contributed by atoms with Crippen LogP contribution in [0.3, 0.4) is 0 Å². The monoisotopic (exact) mass is 439 g/mol. The van der Waals surface area contributed by atoms with Crippen LogP contribution in [0.25, 0.3) is 6.08 Å². The Bertz CT molecular complexity index is 928. The topological polar surface area (TPSA) is 65.4 Å². The number of nitrogens with one attached hydrogen (secondary N) is 1. The van der Waals surface area contributed by atoms with Gasteiger partial charge in [-0.2, -0.15) is 5.26 Å². The normalized spacial score (nSPS) is 14.3. The lowest BCUT2D eigenvalue weighted by atomic mass is 10.1. The van der Waals surface area contributed by atoms with E-state index in [1.807, 2.05) is 36.4 Å². The van der Waals surface area contributed by atoms with E-state index < -0.39 is 5.91 Å². The van der Waals surface area contributed by atoms with E-state index in [0.717, 1.165) is 23.2 Å². The highest BCUT2D eigenvalue weighted by molar-refractivity contribution is 9.10. The molecule has 1 heterocycles. The molecular weight excluding hydrogens is 418 g/mol. The Morgan fingerprint density at radius 3 is 2.68 bits per heavy atom. The van der Waals surface area contributed by atoms with Gasteiger partial charge in [0.25, 0.3) is 5.91 Å². The maximum Gasteiger partial charge on any atom is 0.266 e. The molecule has 0 bridgehead atoms. The van der Waals surface area contributed by atoms with Crippen LogP contribution >= 0.6 is 15.9 Å². The zero-order valence-corrected chi connectivity index (χ0v) is 17.3. The summed E-state index contributed by atoms with van der Waals surface area (Å²) in [5.41, 5.74) is 2.44. The first kappa shape index (κ1) is 20.0. The summed E-state index contributed by atoms with van der Waals surface area (Å²) >= 11 is 3.37. The van der Waals surface area contributed by atoms with Gasteiger partial charge in [0, 0.05) is 40.6 Å². The molecular formula is C22H22BrN3O2. The van der Waals surface area contributed by atoms with Crippen LogP contribution in [0, 0.1) is 11.3 Å². The maximum absolute atomic E-state index is 12.5. The zero-order chi connectivity index (χ0) is 19.9. The molecule has 28 heavy (non-hydrogen) atoms. The lowest BCUT2D eigenvalue weighted by molar-refractivity contribution is -0.112. The number of carbonyl (C=O) groups excluding carboxylic acids is 1. The summed E-state index contributed by atoms with van der Waals surface area (Å²) in [5.74, 6) is 0.189. The Hall–Kier alpha value is -2.78. The SMILES string of the molecule is COc1cc(N2CCCCC2)ccc1/C=C(/C#N)C(=O)Nc1cccc(Br)c1. The first-order valence-electron chi connectivity index (χ1n) is 9.22. The highest BCUT2D eigenvalue weighted by Gasteiger charge is 2.15. The molecule has 2 aromatic carbocycles. The van der Waals surface area contributed by atoms with Crippen LogP contribution in [0.1, 0.15) is 24.8 Å². The number of amides is 1. The number of nitrogens with zero attached hydrogens (tertiary/aromatic N) is 2. The smallest absolute Gasteiger partial charge is 0.266 e. The standard InChI is InChI=1S/C22H22BrN3O2/c1-28-21-14-20(26-10-3-2-4-11-26)9-8-16(21)12-17(15-24)22(27)25-19-7-5-6-18(23)13-19/h5-9,12-14H,2-4,10-11H2,1H3,(H,25,27)/b17-12-. The van der Waals surface area contributed by atoms with Crippen molar-refractivity contribution in [3.8, 4) is 11.8 Å². The third-order valence-corrected chi connectivity index (χ3v) is 5.18. The first-order chi connectivity index (χ1) is 13.6. The molecule has 1 amide bonds. The van der Waals surface area contributed by atoms with Crippen LogP contribution in [0.2, 0.25) is 0 Å². The van der Waals surface area contributed by atoms with Gasteiger partial charge in [0.05, 0.1) is 7.11 Å². The number of benzene rings is 2. The molecule has 1 aliphatic heterocycles. The van der Waals surface area contributed by atoms with Gasteiger partial charge < -0.3 is 15.0 Å². The summed E-state index contributed by atoms with van der Waals surface area (Å²) < 4.78 is 6.37. The molecule has 0 radical (unpaired) electrons. The number of methoxy groups -OCH3 is 1. The summed E-state index contributed by atoms with van der Waals surface area (Å²) in [6.45, 7) is 2.08. The average molecular weight is 440 g/mol. The van der Waals surface area contributed by atoms with Gasteiger partial charge in [-0.05, 0) is 55.7 Å². The molecule has 3 rings (SSSR count). The molecule has 1 N–H and O–H groups in total. The quantitative estimate of drug-likeness (QED) is 0.526. The van der Waals surface area contributed by atoms with Crippen molar-refractivity contribution < 1.29 is 9.53 Å². The van der Waals surface area contributed by atoms with Crippen molar-refractivity contribution in [1.29, 1.82) is 5.26 Å². The molecule has 1 aliphatic rings. The van der Waals surface area contributed by atoms with Crippen molar-refractivity contribution in [3.05, 3.63) is 58.1 Å². The number of halogens is 1. The Morgan fingerprint density at radius 1 is 1.21 bits per heavy atom. The van der Waals surface area contributed by atoms with Gasteiger partial charge in [-0.1, -0.05) is 22.0 Å². The highest BCUT2D eigenvalue weighted by Crippen LogP contribution is 2.29. The van der Waals surface area contributed by atoms with Crippen LogP contribution in [0.4, 0.5) is 11.4 Å². The van der Waals surface area contributed by atoms with E-state index in [0.29, 0.717) is 17.0 Å². The largest absolute Gasteiger partial charge is 0.496 e. The van der Waals surface area contributed by atoms with Crippen LogP contribution in [-0.2, 0) is 4.79 Å². The molecule has 0 spiro atoms. The zero-order valence-electron chi connectivity index (χ0n) is 15.7. The first-order valence-corrected chi connectivity index (χ1v) is 10.0. The third-order valence-electron chi connectivity index (χ3n) is 4.69. The molecule has 6 heteroatoms. The second-order valence-corrected chi connectivity index (χ2v) is 7.52. The van der Waals surface area contributed by atoms with E-state index in [-0.39, 0.29) is 5.57 Å². The summed E-state index contributed by atoms with van der Waals surface area (Å²) in [5, 5.41) is 12.2. The van der Waals surface area contributed by atoms with E-state index in [1.165, 1.54) is 19.3 Å². The van der Waals surface area contributed by atoms with E-state index in [9.17, 15) is 10.1 Å². The molecule has 0 aromatic heterocycles. The molecule has 5 nitrogen and oxygen atoms in total. The van der Waals surface area contributed by atoms with Gasteiger partial charge in [0.1, 0.15) is 17.4 Å². The minimum absolute atomic E-state index is 0.0176. The summed E-state index contributed by atoms with van der Waals surface area (Å²) in [6, 6.07) is 15.1. The fourth-order valence-corrected chi connectivity index (χ4v) is 3.64. The molecule has 0 atom stereocenters. The van der Waals surface area contributed by atoms with Gasteiger partial charge in [-0.15, -0.1) is 0 Å². The fraction of sp³-hybridized carbons (Fsp3) is 0.273. The van der Waals surface area contributed by atoms with Gasteiger partial charge in [-0.25, -0.2) is 0 Å². The number of anilines is 2. The number of carbonyl (C=O) groups is 1. The Morgan fingerprint density at radius 2 is 2.00 bits per heavy atom. The van der Waals surface area contributed by atoms with Crippen molar-refractivity contribution in [1.82, 2.24) is 0 Å². The summed E-state index contributed by atoms with van der Waals surface area (Å²) in [6.07, 6.45) is 5.22. The molecule has 1 saturated heterocycles. The summed E-state index contributed by atoms with van der Waals surface area (Å²) in [4.78, 5) is 14.8. The highest BCUT2D eigenvalue weighted by atomic mass is 79.9. The van der Waals surface area contributed by atoms with Crippen molar-refractivity contribution in [2.75, 3.05) is 30.4 Å².